The van der Waals surface area contributed by atoms with Gasteiger partial charge in [0, 0.05) is 6.54 Å². The molecule has 0 aromatic carbocycles. The van der Waals surface area contributed by atoms with Crippen LogP contribution in [0.1, 0.15) is 26.2 Å². The normalized spacial score (nSPS) is 11.6. The van der Waals surface area contributed by atoms with Crippen molar-refractivity contribution in [1.82, 2.24) is 29.1 Å². The highest BCUT2D eigenvalue weighted by molar-refractivity contribution is 5.84. The molecule has 94 valence electrons. The summed E-state index contributed by atoms with van der Waals surface area (Å²) in [6.45, 7) is 2.80. The first-order chi connectivity index (χ1) is 8.83. The Morgan fingerprint density at radius 1 is 1.33 bits per heavy atom. The highest BCUT2D eigenvalue weighted by atomic mass is 16.1. The number of rotatable bonds is 4. The van der Waals surface area contributed by atoms with Gasteiger partial charge < -0.3 is 4.98 Å². The highest BCUT2D eigenvalue weighted by Crippen LogP contribution is 2.12. The predicted octanol–water partition coefficient (Wildman–Crippen LogP) is 0.958. The van der Waals surface area contributed by atoms with Gasteiger partial charge in [-0.25, -0.2) is 14.2 Å². The third-order valence-corrected chi connectivity index (χ3v) is 3.07. The Hall–Kier alpha value is -2.18. The van der Waals surface area contributed by atoms with E-state index in [1.807, 2.05) is 0 Å². The number of imidazole rings is 1. The number of nitrogens with zero attached hydrogens (tertiary/aromatic N) is 5. The van der Waals surface area contributed by atoms with Crippen molar-refractivity contribution in [1.29, 1.82) is 0 Å². The summed E-state index contributed by atoms with van der Waals surface area (Å²) in [7, 11) is 0. The van der Waals surface area contributed by atoms with Crippen LogP contribution in [0.3, 0.4) is 0 Å². The summed E-state index contributed by atoms with van der Waals surface area (Å²) in [5.41, 5.74) is 1.80. The minimum Gasteiger partial charge on any atom is -0.340 e. The van der Waals surface area contributed by atoms with Crippen LogP contribution < -0.4 is 5.69 Å². The van der Waals surface area contributed by atoms with Gasteiger partial charge in [0.1, 0.15) is 11.8 Å². The van der Waals surface area contributed by atoms with E-state index in [9.17, 15) is 4.79 Å². The molecule has 0 aliphatic rings. The van der Waals surface area contributed by atoms with Gasteiger partial charge in [-0.05, 0) is 6.42 Å². The minimum atomic E-state index is -0.134. The van der Waals surface area contributed by atoms with Crippen molar-refractivity contribution in [3.05, 3.63) is 23.1 Å². The molecule has 0 aliphatic heterocycles. The number of nitrogens with one attached hydrogen (secondary N) is 1. The fourth-order valence-electron chi connectivity index (χ4n) is 2.14. The monoisotopic (exact) mass is 246 g/mol. The standard InChI is InChI=1S/C11H14N6O/c1-2-3-4-5-16-9-8(12-6-13-9)10-15-14-7-17(10)11(16)18/h6-7H,2-5H2,1H3,(H,12,13). The summed E-state index contributed by atoms with van der Waals surface area (Å²) in [5.74, 6) is 0. The largest absolute Gasteiger partial charge is 0.340 e. The number of unbranched alkanes of at least 4 members (excludes halogenated alkanes) is 2. The Bertz CT molecular complexity index is 737. The van der Waals surface area contributed by atoms with Crippen LogP contribution in [0.15, 0.2) is 17.4 Å². The van der Waals surface area contributed by atoms with Gasteiger partial charge in [0.15, 0.2) is 11.3 Å². The quantitative estimate of drug-likeness (QED) is 0.695. The van der Waals surface area contributed by atoms with Gasteiger partial charge in [-0.1, -0.05) is 19.8 Å². The molecule has 0 radical (unpaired) electrons. The third kappa shape index (κ3) is 1.51. The number of hydrogen-bond acceptors (Lipinski definition) is 4. The number of hydrogen-bond donors (Lipinski definition) is 1. The molecule has 0 aliphatic carbocycles. The van der Waals surface area contributed by atoms with Crippen molar-refractivity contribution < 1.29 is 0 Å². The summed E-state index contributed by atoms with van der Waals surface area (Å²) >= 11 is 0. The minimum absolute atomic E-state index is 0.134. The number of aromatic amines is 1. The van der Waals surface area contributed by atoms with Crippen LogP contribution in [0.25, 0.3) is 16.8 Å². The zero-order chi connectivity index (χ0) is 12.5. The SMILES string of the molecule is CCCCCn1c(=O)n2cnnc2c2[nH]cnc21. The van der Waals surface area contributed by atoms with Crippen LogP contribution in [0.5, 0.6) is 0 Å². The van der Waals surface area contributed by atoms with Crippen LogP contribution in [-0.4, -0.2) is 29.1 Å². The molecule has 0 fully saturated rings. The predicted molar refractivity (Wildman–Crippen MR) is 66.4 cm³/mol. The molecule has 18 heavy (non-hydrogen) atoms. The first-order valence-electron chi connectivity index (χ1n) is 6.08. The lowest BCUT2D eigenvalue weighted by atomic mass is 10.2. The van der Waals surface area contributed by atoms with E-state index in [4.69, 9.17) is 0 Å². The Morgan fingerprint density at radius 2 is 2.22 bits per heavy atom. The van der Waals surface area contributed by atoms with Gasteiger partial charge in [-0.3, -0.25) is 4.57 Å². The van der Waals surface area contributed by atoms with Crippen LogP contribution in [0, 0.1) is 0 Å². The first-order valence-corrected chi connectivity index (χ1v) is 6.08. The van der Waals surface area contributed by atoms with E-state index >= 15 is 0 Å². The Balaban J connectivity index is 2.22. The van der Waals surface area contributed by atoms with Crippen LogP contribution >= 0.6 is 0 Å². The molecule has 0 saturated carbocycles. The van der Waals surface area contributed by atoms with Gasteiger partial charge >= 0.3 is 5.69 Å². The zero-order valence-electron chi connectivity index (χ0n) is 10.1. The molecule has 7 heteroatoms. The fourth-order valence-corrected chi connectivity index (χ4v) is 2.14. The lowest BCUT2D eigenvalue weighted by Crippen LogP contribution is -2.27. The molecular formula is C11H14N6O. The lowest BCUT2D eigenvalue weighted by molar-refractivity contribution is 0.586. The van der Waals surface area contributed by atoms with Gasteiger partial charge in [0.25, 0.3) is 0 Å². The smallest absolute Gasteiger partial charge is 0.336 e. The Kier molecular flexibility index (Phi) is 2.58. The second-order valence-electron chi connectivity index (χ2n) is 4.27. The molecule has 7 nitrogen and oxygen atoms in total. The van der Waals surface area contributed by atoms with Gasteiger partial charge in [-0.15, -0.1) is 10.2 Å². The number of aryl methyl sites for hydroxylation is 1. The summed E-state index contributed by atoms with van der Waals surface area (Å²) < 4.78 is 3.13. The second-order valence-corrected chi connectivity index (χ2v) is 4.27. The maximum Gasteiger partial charge on any atom is 0.336 e. The molecule has 0 spiro atoms. The molecule has 0 atom stereocenters. The molecule has 3 rings (SSSR count). The lowest BCUT2D eigenvalue weighted by Gasteiger charge is -2.06. The topological polar surface area (TPSA) is 80.9 Å². The molecule has 3 aromatic heterocycles. The van der Waals surface area contributed by atoms with Crippen molar-refractivity contribution in [2.45, 2.75) is 32.7 Å². The van der Waals surface area contributed by atoms with Gasteiger partial charge in [-0.2, -0.15) is 0 Å². The molecule has 1 N–H and O–H groups in total. The van der Waals surface area contributed by atoms with Gasteiger partial charge in [0.05, 0.1) is 6.33 Å². The highest BCUT2D eigenvalue weighted by Gasteiger charge is 2.13. The number of H-pyrrole nitrogens is 1. The second kappa shape index (κ2) is 4.25. The average molecular weight is 246 g/mol. The van der Waals surface area contributed by atoms with Crippen LogP contribution in [0.2, 0.25) is 0 Å². The van der Waals surface area contributed by atoms with E-state index in [2.05, 4.69) is 27.1 Å². The van der Waals surface area contributed by atoms with E-state index < -0.39 is 0 Å². The summed E-state index contributed by atoms with van der Waals surface area (Å²) in [4.78, 5) is 19.5. The van der Waals surface area contributed by atoms with Crippen molar-refractivity contribution in [2.75, 3.05) is 0 Å². The van der Waals surface area contributed by atoms with Crippen molar-refractivity contribution in [3.63, 3.8) is 0 Å². The van der Waals surface area contributed by atoms with E-state index in [0.717, 1.165) is 24.8 Å². The molecule has 3 heterocycles. The van der Waals surface area contributed by atoms with Crippen molar-refractivity contribution in [3.8, 4) is 0 Å². The Morgan fingerprint density at radius 3 is 3.06 bits per heavy atom. The summed E-state index contributed by atoms with van der Waals surface area (Å²) in [6, 6.07) is 0. The number of fused-ring (bicyclic) bond motifs is 3. The van der Waals surface area contributed by atoms with Gasteiger partial charge in [0.2, 0.25) is 0 Å². The molecule has 0 bridgehead atoms. The molecule has 0 unspecified atom stereocenters. The first kappa shape index (κ1) is 10.9. The molecule has 0 saturated heterocycles. The zero-order valence-corrected chi connectivity index (χ0v) is 10.1. The fraction of sp³-hybridized carbons (Fsp3) is 0.455. The van der Waals surface area contributed by atoms with Crippen molar-refractivity contribution >= 4 is 16.8 Å². The van der Waals surface area contributed by atoms with Crippen molar-refractivity contribution in [2.24, 2.45) is 0 Å². The summed E-state index contributed by atoms with van der Waals surface area (Å²) in [6.07, 6.45) is 6.20. The summed E-state index contributed by atoms with van der Waals surface area (Å²) in [5, 5.41) is 7.73. The molecule has 3 aromatic rings. The maximum absolute atomic E-state index is 12.3. The third-order valence-electron chi connectivity index (χ3n) is 3.07. The molecule has 0 amide bonds. The van der Waals surface area contributed by atoms with E-state index in [0.29, 0.717) is 17.8 Å². The Labute approximate surface area is 102 Å². The maximum atomic E-state index is 12.3. The number of aromatic nitrogens is 6. The average Bonchev–Trinajstić information content (AvgIpc) is 3.00. The molecular weight excluding hydrogens is 232 g/mol. The van der Waals surface area contributed by atoms with Crippen LogP contribution in [-0.2, 0) is 6.54 Å². The van der Waals surface area contributed by atoms with E-state index in [-0.39, 0.29) is 5.69 Å². The van der Waals surface area contributed by atoms with Crippen LogP contribution in [0.4, 0.5) is 0 Å². The van der Waals surface area contributed by atoms with E-state index in [1.54, 1.807) is 10.9 Å². The van der Waals surface area contributed by atoms with E-state index in [1.165, 1.54) is 10.7 Å².